The summed E-state index contributed by atoms with van der Waals surface area (Å²) >= 11 is 0. The highest BCUT2D eigenvalue weighted by atomic mass is 15.3. The molecule has 0 saturated heterocycles. The number of hydrogen-bond acceptors (Lipinski definition) is 4. The summed E-state index contributed by atoms with van der Waals surface area (Å²) < 4.78 is 0. The summed E-state index contributed by atoms with van der Waals surface area (Å²) in [5, 5.41) is 6.80. The van der Waals surface area contributed by atoms with Crippen molar-refractivity contribution in [2.75, 3.05) is 30.0 Å². The van der Waals surface area contributed by atoms with Crippen molar-refractivity contribution in [2.45, 2.75) is 6.54 Å². The van der Waals surface area contributed by atoms with Crippen molar-refractivity contribution < 1.29 is 0 Å². The van der Waals surface area contributed by atoms with Gasteiger partial charge < -0.3 is 21.3 Å². The molecule has 4 nitrogen and oxygen atoms in total. The maximum Gasteiger partial charge on any atom is 0.0926 e. The maximum atomic E-state index is 5.52. The van der Waals surface area contributed by atoms with Crippen molar-refractivity contribution in [3.05, 3.63) is 78.4 Å². The van der Waals surface area contributed by atoms with E-state index in [1.54, 1.807) is 0 Å². The monoisotopic (exact) mass is 344 g/mol. The number of nitrogens with zero attached hydrogens (tertiary/aromatic N) is 1. The number of nitrogens with one attached hydrogen (secondary N) is 2. The van der Waals surface area contributed by atoms with Crippen LogP contribution in [0.3, 0.4) is 0 Å². The van der Waals surface area contributed by atoms with Gasteiger partial charge in [-0.2, -0.15) is 0 Å². The zero-order chi connectivity index (χ0) is 17.8. The van der Waals surface area contributed by atoms with Crippen LogP contribution in [0.5, 0.6) is 0 Å². The Morgan fingerprint density at radius 2 is 1.69 bits per heavy atom. The summed E-state index contributed by atoms with van der Waals surface area (Å²) in [6.07, 6.45) is 0. The number of anilines is 3. The second kappa shape index (κ2) is 7.60. The van der Waals surface area contributed by atoms with E-state index in [1.807, 2.05) is 6.07 Å². The van der Waals surface area contributed by atoms with Crippen LogP contribution in [-0.4, -0.2) is 19.8 Å². The average molecular weight is 344 g/mol. The van der Waals surface area contributed by atoms with Crippen molar-refractivity contribution in [2.24, 2.45) is 5.73 Å². The summed E-state index contributed by atoms with van der Waals surface area (Å²) in [5.41, 5.74) is 12.9. The summed E-state index contributed by atoms with van der Waals surface area (Å²) in [5.74, 6) is 0. The molecule has 3 aromatic rings. The topological polar surface area (TPSA) is 53.3 Å². The molecule has 4 N–H and O–H groups in total. The maximum absolute atomic E-state index is 5.52. The highest BCUT2D eigenvalue weighted by Crippen LogP contribution is 2.39. The van der Waals surface area contributed by atoms with Gasteiger partial charge in [0.05, 0.1) is 18.0 Å². The van der Waals surface area contributed by atoms with E-state index < -0.39 is 0 Å². The van der Waals surface area contributed by atoms with Crippen molar-refractivity contribution in [3.63, 3.8) is 0 Å². The van der Waals surface area contributed by atoms with Gasteiger partial charge in [0.2, 0.25) is 0 Å². The van der Waals surface area contributed by atoms with Crippen LogP contribution in [0.1, 0.15) is 5.56 Å². The first kappa shape index (κ1) is 16.6. The molecule has 0 aromatic heterocycles. The van der Waals surface area contributed by atoms with E-state index >= 15 is 0 Å². The standard InChI is InChI=1S/C22H24N4/c23-12-13-24-15-17-6-8-18(9-7-17)19-10-11-21-22(14-19)26(16-25-21)20-4-2-1-3-5-20/h1-11,14,24-25H,12-13,15-16,23H2. The molecule has 0 fully saturated rings. The number of rotatable bonds is 6. The van der Waals surface area contributed by atoms with Gasteiger partial charge in [-0.05, 0) is 41.0 Å². The summed E-state index contributed by atoms with van der Waals surface area (Å²) in [6, 6.07) is 25.9. The lowest BCUT2D eigenvalue weighted by Crippen LogP contribution is -2.21. The first-order valence-corrected chi connectivity index (χ1v) is 9.06. The fourth-order valence-electron chi connectivity index (χ4n) is 3.32. The Kier molecular flexibility index (Phi) is 4.86. The zero-order valence-corrected chi connectivity index (χ0v) is 14.8. The van der Waals surface area contributed by atoms with Gasteiger partial charge in [0, 0.05) is 25.3 Å². The van der Waals surface area contributed by atoms with Crippen LogP contribution in [0.2, 0.25) is 0 Å². The lowest BCUT2D eigenvalue weighted by molar-refractivity contribution is 0.695. The lowest BCUT2D eigenvalue weighted by Gasteiger charge is -2.18. The molecule has 0 unspecified atom stereocenters. The molecule has 26 heavy (non-hydrogen) atoms. The average Bonchev–Trinajstić information content (AvgIpc) is 3.13. The van der Waals surface area contributed by atoms with E-state index in [1.165, 1.54) is 33.8 Å². The van der Waals surface area contributed by atoms with Gasteiger partial charge in [-0.15, -0.1) is 0 Å². The molecule has 3 aromatic carbocycles. The quantitative estimate of drug-likeness (QED) is 0.593. The number of nitrogens with two attached hydrogens (primary N) is 1. The Morgan fingerprint density at radius 1 is 0.923 bits per heavy atom. The van der Waals surface area contributed by atoms with Crippen LogP contribution in [0.4, 0.5) is 17.1 Å². The van der Waals surface area contributed by atoms with Crippen molar-refractivity contribution >= 4 is 17.1 Å². The van der Waals surface area contributed by atoms with Crippen LogP contribution in [0.15, 0.2) is 72.8 Å². The molecular weight excluding hydrogens is 320 g/mol. The molecule has 0 saturated carbocycles. The van der Waals surface area contributed by atoms with E-state index in [0.717, 1.165) is 19.8 Å². The molecule has 1 heterocycles. The fourth-order valence-corrected chi connectivity index (χ4v) is 3.32. The van der Waals surface area contributed by atoms with Crippen molar-refractivity contribution in [3.8, 4) is 11.1 Å². The van der Waals surface area contributed by atoms with Crippen molar-refractivity contribution in [1.82, 2.24) is 5.32 Å². The molecule has 0 bridgehead atoms. The normalized spacial score (nSPS) is 12.7. The molecule has 0 spiro atoms. The zero-order valence-electron chi connectivity index (χ0n) is 14.8. The summed E-state index contributed by atoms with van der Waals surface area (Å²) in [6.45, 7) is 3.16. The van der Waals surface area contributed by atoms with Crippen molar-refractivity contribution in [1.29, 1.82) is 0 Å². The minimum Gasteiger partial charge on any atom is -0.366 e. The third-order valence-corrected chi connectivity index (χ3v) is 4.72. The largest absolute Gasteiger partial charge is 0.366 e. The molecule has 0 aliphatic carbocycles. The third kappa shape index (κ3) is 3.43. The third-order valence-electron chi connectivity index (χ3n) is 4.72. The predicted octanol–water partition coefficient (Wildman–Crippen LogP) is 3.92. The lowest BCUT2D eigenvalue weighted by atomic mass is 10.0. The van der Waals surface area contributed by atoms with Crippen LogP contribution in [0, 0.1) is 0 Å². The summed E-state index contributed by atoms with van der Waals surface area (Å²) in [7, 11) is 0. The van der Waals surface area contributed by atoms with Crippen LogP contribution in [0.25, 0.3) is 11.1 Å². The van der Waals surface area contributed by atoms with Crippen LogP contribution in [-0.2, 0) is 6.54 Å². The van der Waals surface area contributed by atoms with Gasteiger partial charge in [0.1, 0.15) is 0 Å². The molecule has 1 aliphatic heterocycles. The van der Waals surface area contributed by atoms with Gasteiger partial charge in [-0.25, -0.2) is 0 Å². The Bertz CT molecular complexity index is 859. The Balaban J connectivity index is 1.57. The molecular formula is C22H24N4. The Hall–Kier alpha value is -2.82. The number of benzene rings is 3. The van der Waals surface area contributed by atoms with E-state index in [2.05, 4.69) is 82.3 Å². The fraction of sp³-hybridized carbons (Fsp3) is 0.182. The Morgan fingerprint density at radius 3 is 2.46 bits per heavy atom. The molecule has 0 atom stereocenters. The van der Waals surface area contributed by atoms with Crippen LogP contribution < -0.4 is 21.3 Å². The molecule has 132 valence electrons. The number of hydrogen-bond donors (Lipinski definition) is 3. The van der Waals surface area contributed by atoms with E-state index in [-0.39, 0.29) is 0 Å². The first-order valence-electron chi connectivity index (χ1n) is 9.06. The van der Waals surface area contributed by atoms with Gasteiger partial charge in [-0.1, -0.05) is 48.5 Å². The molecule has 4 heteroatoms. The minimum absolute atomic E-state index is 0.666. The second-order valence-corrected chi connectivity index (χ2v) is 6.49. The first-order chi connectivity index (χ1) is 12.8. The molecule has 4 rings (SSSR count). The second-order valence-electron chi connectivity index (χ2n) is 6.49. The van der Waals surface area contributed by atoms with E-state index in [9.17, 15) is 0 Å². The Labute approximate surface area is 154 Å². The minimum atomic E-state index is 0.666. The molecule has 0 radical (unpaired) electrons. The summed E-state index contributed by atoms with van der Waals surface area (Å²) in [4.78, 5) is 2.31. The van der Waals surface area contributed by atoms with Crippen LogP contribution >= 0.6 is 0 Å². The van der Waals surface area contributed by atoms with E-state index in [0.29, 0.717) is 6.54 Å². The van der Waals surface area contributed by atoms with Gasteiger partial charge in [0.15, 0.2) is 0 Å². The SMILES string of the molecule is NCCNCc1ccc(-c2ccc3c(c2)N(c2ccccc2)CN3)cc1. The van der Waals surface area contributed by atoms with Gasteiger partial charge in [-0.3, -0.25) is 0 Å². The molecule has 0 amide bonds. The highest BCUT2D eigenvalue weighted by Gasteiger charge is 2.20. The van der Waals surface area contributed by atoms with Gasteiger partial charge >= 0.3 is 0 Å². The highest BCUT2D eigenvalue weighted by molar-refractivity contribution is 5.85. The molecule has 1 aliphatic rings. The number of fused-ring (bicyclic) bond motifs is 1. The van der Waals surface area contributed by atoms with E-state index in [4.69, 9.17) is 5.73 Å². The predicted molar refractivity (Wildman–Crippen MR) is 110 cm³/mol. The van der Waals surface area contributed by atoms with Gasteiger partial charge in [0.25, 0.3) is 0 Å². The smallest absolute Gasteiger partial charge is 0.0926 e. The number of para-hydroxylation sites is 1.